The van der Waals surface area contributed by atoms with E-state index in [2.05, 4.69) is 0 Å². The first-order chi connectivity index (χ1) is 16.2. The Morgan fingerprint density at radius 1 is 0.824 bits per heavy atom. The summed E-state index contributed by atoms with van der Waals surface area (Å²) in [5.74, 6) is -0.883. The molecule has 3 aromatic carbocycles. The number of para-hydroxylation sites is 1. The number of carbonyl (C=O) groups is 2. The number of amides is 2. The van der Waals surface area contributed by atoms with Crippen molar-refractivity contribution in [2.24, 2.45) is 0 Å². The first-order valence-corrected chi connectivity index (χ1v) is 12.7. The molecule has 5 rings (SSSR count). The second-order valence-corrected chi connectivity index (χ2v) is 10.4. The molecule has 2 amide bonds. The summed E-state index contributed by atoms with van der Waals surface area (Å²) >= 11 is 6.37. The number of benzene rings is 3. The summed E-state index contributed by atoms with van der Waals surface area (Å²) in [4.78, 5) is 36.9. The molecule has 0 spiro atoms. The van der Waals surface area contributed by atoms with E-state index in [1.807, 2.05) is 0 Å². The summed E-state index contributed by atoms with van der Waals surface area (Å²) in [5, 5.41) is 0.350. The van der Waals surface area contributed by atoms with Crippen LogP contribution >= 0.6 is 11.6 Å². The number of rotatable bonds is 4. The van der Waals surface area contributed by atoms with E-state index in [9.17, 15) is 18.0 Å². The molecule has 1 aliphatic heterocycles. The first kappa shape index (κ1) is 22.2. The van der Waals surface area contributed by atoms with Crippen LogP contribution < -0.4 is 0 Å². The minimum atomic E-state index is -3.62. The number of aromatic nitrogens is 2. The van der Waals surface area contributed by atoms with Crippen molar-refractivity contribution in [2.45, 2.75) is 17.9 Å². The van der Waals surface area contributed by atoms with Gasteiger partial charge in [0.25, 0.3) is 11.8 Å². The zero-order valence-corrected chi connectivity index (χ0v) is 19.8. The first-order valence-electron chi connectivity index (χ1n) is 10.4. The molecule has 0 bridgehead atoms. The Morgan fingerprint density at radius 3 is 2.03 bits per heavy atom. The second kappa shape index (κ2) is 8.00. The van der Waals surface area contributed by atoms with Gasteiger partial charge in [0.1, 0.15) is 5.52 Å². The van der Waals surface area contributed by atoms with Gasteiger partial charge in [0, 0.05) is 11.8 Å². The highest BCUT2D eigenvalue weighted by molar-refractivity contribution is 7.90. The molecule has 170 valence electrons. The van der Waals surface area contributed by atoms with Gasteiger partial charge in [-0.25, -0.2) is 18.4 Å². The van der Waals surface area contributed by atoms with E-state index in [0.29, 0.717) is 38.4 Å². The van der Waals surface area contributed by atoms with E-state index in [4.69, 9.17) is 21.6 Å². The number of halogens is 1. The summed E-state index contributed by atoms with van der Waals surface area (Å²) < 4.78 is 25.1. The molecular weight excluding hydrogens is 474 g/mol. The van der Waals surface area contributed by atoms with Crippen molar-refractivity contribution in [3.8, 4) is 11.3 Å². The van der Waals surface area contributed by atoms with Gasteiger partial charge in [-0.15, -0.1) is 0 Å². The van der Waals surface area contributed by atoms with Crippen molar-refractivity contribution < 1.29 is 18.0 Å². The van der Waals surface area contributed by atoms with E-state index in [1.165, 1.54) is 6.07 Å². The summed E-state index contributed by atoms with van der Waals surface area (Å²) in [7, 11) is -3.62. The quantitative estimate of drug-likeness (QED) is 0.383. The van der Waals surface area contributed by atoms with Crippen LogP contribution in [0.5, 0.6) is 0 Å². The highest BCUT2D eigenvalue weighted by atomic mass is 35.5. The van der Waals surface area contributed by atoms with E-state index in [1.54, 1.807) is 67.6 Å². The Balaban J connectivity index is 1.77. The van der Waals surface area contributed by atoms with Crippen LogP contribution in [0.1, 0.15) is 39.4 Å². The molecule has 9 heteroatoms. The largest absolute Gasteiger partial charge is 0.269 e. The Kier molecular flexibility index (Phi) is 5.22. The summed E-state index contributed by atoms with van der Waals surface area (Å²) in [6.45, 7) is 1.68. The van der Waals surface area contributed by atoms with Gasteiger partial charge in [0.15, 0.2) is 9.84 Å². The molecule has 4 aromatic rings. The molecule has 0 fully saturated rings. The molecule has 0 N–H and O–H groups in total. The van der Waals surface area contributed by atoms with E-state index in [0.717, 1.165) is 11.2 Å². The molecule has 1 unspecified atom stereocenters. The fraction of sp³-hybridized carbons (Fsp3) is 0.120. The number of fused-ring (bicyclic) bond motifs is 2. The average molecular weight is 492 g/mol. The number of carbonyl (C=O) groups excluding carboxylic acids is 2. The predicted molar refractivity (Wildman–Crippen MR) is 128 cm³/mol. The lowest BCUT2D eigenvalue weighted by atomic mass is 10.0. The lowest BCUT2D eigenvalue weighted by Gasteiger charge is -2.24. The zero-order chi connectivity index (χ0) is 24.2. The van der Waals surface area contributed by atoms with Crippen molar-refractivity contribution >= 4 is 44.3 Å². The highest BCUT2D eigenvalue weighted by Gasteiger charge is 2.40. The van der Waals surface area contributed by atoms with Crippen molar-refractivity contribution in [1.29, 1.82) is 0 Å². The van der Waals surface area contributed by atoms with Gasteiger partial charge in [-0.2, -0.15) is 0 Å². The SMILES string of the molecule is CC(c1nc2cccc(Cl)c2nc1-c1ccccc1S(C)(=O)=O)N1C(=O)c2ccccc2C1=O. The molecule has 34 heavy (non-hydrogen) atoms. The van der Waals surface area contributed by atoms with Gasteiger partial charge in [-0.3, -0.25) is 14.5 Å². The van der Waals surface area contributed by atoms with Crippen molar-refractivity contribution in [3.63, 3.8) is 0 Å². The molecule has 0 saturated heterocycles. The van der Waals surface area contributed by atoms with Crippen LogP contribution in [-0.2, 0) is 9.84 Å². The molecule has 1 atom stereocenters. The minimum Gasteiger partial charge on any atom is -0.269 e. The molecule has 0 aliphatic carbocycles. The molecule has 1 aliphatic rings. The minimum absolute atomic E-state index is 0.0616. The summed E-state index contributed by atoms with van der Waals surface area (Å²) in [6, 6.07) is 17.3. The van der Waals surface area contributed by atoms with Gasteiger partial charge in [0.05, 0.1) is 44.0 Å². The monoisotopic (exact) mass is 491 g/mol. The summed E-state index contributed by atoms with van der Waals surface area (Å²) in [5.41, 5.74) is 2.33. The maximum atomic E-state index is 13.2. The smallest absolute Gasteiger partial charge is 0.262 e. The third kappa shape index (κ3) is 3.46. The van der Waals surface area contributed by atoms with Gasteiger partial charge < -0.3 is 0 Å². The second-order valence-electron chi connectivity index (χ2n) is 8.04. The van der Waals surface area contributed by atoms with Crippen LogP contribution in [-0.4, -0.2) is 41.4 Å². The number of nitrogens with zero attached hydrogens (tertiary/aromatic N) is 3. The fourth-order valence-electron chi connectivity index (χ4n) is 4.21. The number of imide groups is 1. The standard InChI is InChI=1S/C25H18ClN3O4S/c1-14(29-24(30)15-8-3-4-9-16(15)25(29)31)21-22(17-10-5-6-13-20(17)34(2,32)33)28-23-18(26)11-7-12-19(23)27-21/h3-14H,1-2H3. The van der Waals surface area contributed by atoms with E-state index >= 15 is 0 Å². The van der Waals surface area contributed by atoms with Crippen LogP contribution in [0.3, 0.4) is 0 Å². The lowest BCUT2D eigenvalue weighted by Crippen LogP contribution is -2.33. The van der Waals surface area contributed by atoms with E-state index < -0.39 is 27.7 Å². The van der Waals surface area contributed by atoms with Crippen LogP contribution in [0, 0.1) is 0 Å². The van der Waals surface area contributed by atoms with Gasteiger partial charge in [-0.05, 0) is 37.3 Å². The number of hydrogen-bond donors (Lipinski definition) is 0. The molecule has 0 radical (unpaired) electrons. The third-order valence-electron chi connectivity index (χ3n) is 5.82. The molecule has 1 aromatic heterocycles. The summed E-state index contributed by atoms with van der Waals surface area (Å²) in [6.07, 6.45) is 1.11. The van der Waals surface area contributed by atoms with Crippen LogP contribution in [0.2, 0.25) is 5.02 Å². The fourth-order valence-corrected chi connectivity index (χ4v) is 5.32. The average Bonchev–Trinajstić information content (AvgIpc) is 3.08. The number of hydrogen-bond acceptors (Lipinski definition) is 6. The Bertz CT molecular complexity index is 1580. The normalized spacial score (nSPS) is 14.5. The predicted octanol–water partition coefficient (Wildman–Crippen LogP) is 4.71. The topological polar surface area (TPSA) is 97.3 Å². The third-order valence-corrected chi connectivity index (χ3v) is 7.28. The Hall–Kier alpha value is -3.62. The van der Waals surface area contributed by atoms with Gasteiger partial charge in [-0.1, -0.05) is 48.0 Å². The maximum absolute atomic E-state index is 13.2. The molecular formula is C25H18ClN3O4S. The van der Waals surface area contributed by atoms with Crippen molar-refractivity contribution in [1.82, 2.24) is 14.9 Å². The Labute approximate surface area is 200 Å². The van der Waals surface area contributed by atoms with Crippen molar-refractivity contribution in [3.05, 3.63) is 88.6 Å². The number of sulfone groups is 1. The van der Waals surface area contributed by atoms with Crippen LogP contribution in [0.25, 0.3) is 22.3 Å². The lowest BCUT2D eigenvalue weighted by molar-refractivity contribution is 0.0592. The maximum Gasteiger partial charge on any atom is 0.262 e. The molecule has 0 saturated carbocycles. The molecule has 7 nitrogen and oxygen atoms in total. The van der Waals surface area contributed by atoms with Crippen LogP contribution in [0.15, 0.2) is 71.6 Å². The zero-order valence-electron chi connectivity index (χ0n) is 18.2. The van der Waals surface area contributed by atoms with E-state index in [-0.39, 0.29) is 10.6 Å². The molecule has 2 heterocycles. The van der Waals surface area contributed by atoms with Crippen molar-refractivity contribution in [2.75, 3.05) is 6.26 Å². The Morgan fingerprint density at radius 2 is 1.41 bits per heavy atom. The van der Waals surface area contributed by atoms with Gasteiger partial charge >= 0.3 is 0 Å². The van der Waals surface area contributed by atoms with Crippen LogP contribution in [0.4, 0.5) is 0 Å². The highest BCUT2D eigenvalue weighted by Crippen LogP contribution is 2.38. The van der Waals surface area contributed by atoms with Gasteiger partial charge in [0.2, 0.25) is 0 Å².